The van der Waals surface area contributed by atoms with Crippen molar-refractivity contribution in [3.63, 3.8) is 0 Å². The van der Waals surface area contributed by atoms with Crippen LogP contribution in [-0.4, -0.2) is 21.5 Å². The molecule has 4 heterocycles. The van der Waals surface area contributed by atoms with Crippen molar-refractivity contribution in [3.8, 4) is 17.3 Å². The number of fused-ring (bicyclic) bond motifs is 4. The van der Waals surface area contributed by atoms with Gasteiger partial charge < -0.3 is 18.9 Å². The van der Waals surface area contributed by atoms with E-state index < -0.39 is 0 Å². The van der Waals surface area contributed by atoms with Crippen LogP contribution in [0.15, 0.2) is 134 Å². The zero-order chi connectivity index (χ0) is 39.6. The first kappa shape index (κ1) is 39.2. The van der Waals surface area contributed by atoms with E-state index in [2.05, 4.69) is 191 Å². The van der Waals surface area contributed by atoms with Crippen molar-refractivity contribution in [1.29, 1.82) is 0 Å². The van der Waals surface area contributed by atoms with Gasteiger partial charge in [-0.2, -0.15) is 6.07 Å². The molecule has 58 heavy (non-hydrogen) atoms. The van der Waals surface area contributed by atoms with Gasteiger partial charge in [0.05, 0.1) is 0 Å². The Balaban J connectivity index is 0.00000469. The molecule has 8 heteroatoms. The van der Waals surface area contributed by atoms with Crippen LogP contribution in [0.1, 0.15) is 63.8 Å². The van der Waals surface area contributed by atoms with Gasteiger partial charge in [-0.05, 0) is 89.1 Å². The van der Waals surface area contributed by atoms with E-state index in [1.165, 1.54) is 27.7 Å². The second kappa shape index (κ2) is 14.9. The quantitative estimate of drug-likeness (QED) is 0.123. The van der Waals surface area contributed by atoms with Gasteiger partial charge in [0.1, 0.15) is 11.6 Å². The molecule has 0 saturated carbocycles. The second-order valence-corrected chi connectivity index (χ2v) is 17.2. The zero-order valence-corrected chi connectivity index (χ0v) is 36.5. The smallest absolute Gasteiger partial charge is 0.509 e. The standard InChI is InChI=1S/C50H46BN5O.Pt/c1-33-15-14-16-34(2)48(33)51-55(37-17-10-9-11-18-37)43-24-22-39(32-45(43)56(51)47-30-36(26-28-53-47)50(6,7)8)57-38-21-23-41-40-19-12-13-20-42(40)54(44(41)31-38)46-29-35(25-27-52-46)49(3,4)5;/h9-30H,1-8H3;/q-2;+2. The molecule has 3 aromatic heterocycles. The Morgan fingerprint density at radius 1 is 0.586 bits per heavy atom. The molecule has 1 aliphatic heterocycles. The van der Waals surface area contributed by atoms with E-state index >= 15 is 0 Å². The third kappa shape index (κ3) is 6.90. The van der Waals surface area contributed by atoms with Crippen LogP contribution < -0.4 is 19.8 Å². The zero-order valence-electron chi connectivity index (χ0n) is 34.2. The predicted molar refractivity (Wildman–Crippen MR) is 236 cm³/mol. The molecular weight excluding hydrogens is 892 g/mol. The molecule has 6 nitrogen and oxygen atoms in total. The van der Waals surface area contributed by atoms with Crippen molar-refractivity contribution in [1.82, 2.24) is 14.5 Å². The largest absolute Gasteiger partial charge is 2.00 e. The Labute approximate surface area is 356 Å². The van der Waals surface area contributed by atoms with Crippen molar-refractivity contribution >= 4 is 57.1 Å². The van der Waals surface area contributed by atoms with Crippen molar-refractivity contribution < 1.29 is 25.8 Å². The average molecular weight is 939 g/mol. The summed E-state index contributed by atoms with van der Waals surface area (Å²) in [4.78, 5) is 14.7. The van der Waals surface area contributed by atoms with Crippen LogP contribution in [0.25, 0.3) is 27.6 Å². The van der Waals surface area contributed by atoms with E-state index in [9.17, 15) is 0 Å². The third-order valence-corrected chi connectivity index (χ3v) is 11.2. The minimum Gasteiger partial charge on any atom is -0.509 e. The number of pyridine rings is 2. The van der Waals surface area contributed by atoms with Crippen molar-refractivity contribution in [2.24, 2.45) is 0 Å². The molecule has 290 valence electrons. The molecule has 1 aliphatic rings. The van der Waals surface area contributed by atoms with E-state index in [0.29, 0.717) is 11.5 Å². The number of nitrogens with zero attached hydrogens (tertiary/aromatic N) is 5. The maximum atomic E-state index is 6.76. The first-order valence-corrected chi connectivity index (χ1v) is 19.7. The monoisotopic (exact) mass is 938 g/mol. The summed E-state index contributed by atoms with van der Waals surface area (Å²) in [5, 5.41) is 2.23. The summed E-state index contributed by atoms with van der Waals surface area (Å²) in [6.45, 7) is 17.6. The van der Waals surface area contributed by atoms with E-state index in [0.717, 1.165) is 50.5 Å². The summed E-state index contributed by atoms with van der Waals surface area (Å²) < 4.78 is 8.95. The Morgan fingerprint density at radius 2 is 1.19 bits per heavy atom. The number of aryl methyl sites for hydroxylation is 2. The van der Waals surface area contributed by atoms with Gasteiger partial charge in [0.15, 0.2) is 0 Å². The molecular formula is C50H46BN5OPt. The molecule has 0 unspecified atom stereocenters. The fraction of sp³-hybridized carbons (Fsp3) is 0.200. The van der Waals surface area contributed by atoms with Gasteiger partial charge in [-0.25, -0.2) is 9.97 Å². The molecule has 0 fully saturated rings. The van der Waals surface area contributed by atoms with Crippen molar-refractivity contribution in [3.05, 3.63) is 168 Å². The molecule has 0 radical (unpaired) electrons. The normalized spacial score (nSPS) is 12.9. The van der Waals surface area contributed by atoms with Gasteiger partial charge in [0.2, 0.25) is 0 Å². The fourth-order valence-electron chi connectivity index (χ4n) is 8.18. The fourth-order valence-corrected chi connectivity index (χ4v) is 8.18. The number of ether oxygens (including phenoxy) is 1. The summed E-state index contributed by atoms with van der Waals surface area (Å²) >= 11 is 0. The van der Waals surface area contributed by atoms with Crippen LogP contribution in [0.3, 0.4) is 0 Å². The van der Waals surface area contributed by atoms with Gasteiger partial charge in [-0.3, -0.25) is 0 Å². The predicted octanol–water partition coefficient (Wildman–Crippen LogP) is 11.9. The molecule has 0 bridgehead atoms. The SMILES string of the molecule is Cc1cccc(C)c1B1N(c2cc(C(C)(C)C)ccn2)c2[c-]c(Oc3[c-]c4c(cc3)c3ccccc3n4-c3cc(C(C)(C)C)ccn3)ccc2N1c1ccccc1.[Pt+2]. The maximum Gasteiger partial charge on any atom is 2.00 e. The van der Waals surface area contributed by atoms with Crippen molar-refractivity contribution in [2.45, 2.75) is 66.2 Å². The first-order chi connectivity index (χ1) is 27.4. The van der Waals surface area contributed by atoms with Crippen molar-refractivity contribution in [2.75, 3.05) is 9.62 Å². The Morgan fingerprint density at radius 3 is 1.88 bits per heavy atom. The van der Waals surface area contributed by atoms with Crippen LogP contribution in [-0.2, 0) is 31.9 Å². The minimum atomic E-state index is -0.229. The summed E-state index contributed by atoms with van der Waals surface area (Å²) in [5.41, 5.74) is 11.0. The molecule has 5 aromatic carbocycles. The number of aromatic nitrogens is 3. The summed E-state index contributed by atoms with van der Waals surface area (Å²) in [5.74, 6) is 2.89. The molecule has 9 rings (SSSR count). The molecule has 8 aromatic rings. The number of anilines is 4. The second-order valence-electron chi connectivity index (χ2n) is 17.2. The van der Waals surface area contributed by atoms with Crippen LogP contribution in [0.5, 0.6) is 11.5 Å². The summed E-state index contributed by atoms with van der Waals surface area (Å²) in [6.07, 6.45) is 3.83. The van der Waals surface area contributed by atoms with Gasteiger partial charge in [-0.1, -0.05) is 124 Å². The van der Waals surface area contributed by atoms with Gasteiger partial charge in [0, 0.05) is 35.1 Å². The number of rotatable bonds is 6. The van der Waals surface area contributed by atoms with Crippen LogP contribution >= 0.6 is 0 Å². The summed E-state index contributed by atoms with van der Waals surface area (Å²) in [7, 11) is 0. The van der Waals surface area contributed by atoms with Gasteiger partial charge in [0.25, 0.3) is 0 Å². The van der Waals surface area contributed by atoms with E-state index in [4.69, 9.17) is 14.7 Å². The maximum absolute atomic E-state index is 6.76. The Kier molecular flexibility index (Phi) is 10.1. The van der Waals surface area contributed by atoms with Crippen LogP contribution in [0.4, 0.5) is 22.9 Å². The minimum absolute atomic E-state index is 0. The van der Waals surface area contributed by atoms with Gasteiger partial charge in [-0.15, -0.1) is 35.7 Å². The van der Waals surface area contributed by atoms with Crippen LogP contribution in [0, 0.1) is 26.0 Å². The molecule has 0 N–H and O–H groups in total. The molecule has 0 amide bonds. The number of para-hydroxylation sites is 2. The summed E-state index contributed by atoms with van der Waals surface area (Å²) in [6, 6.07) is 49.9. The average Bonchev–Trinajstić information content (AvgIpc) is 3.70. The number of hydrogen-bond donors (Lipinski definition) is 0. The van der Waals surface area contributed by atoms with E-state index in [1.54, 1.807) is 0 Å². The number of hydrogen-bond acceptors (Lipinski definition) is 5. The molecule has 0 aliphatic carbocycles. The van der Waals surface area contributed by atoms with E-state index in [1.807, 2.05) is 24.5 Å². The first-order valence-electron chi connectivity index (χ1n) is 19.7. The Hall–Kier alpha value is -5.65. The molecule has 0 saturated heterocycles. The van der Waals surface area contributed by atoms with Crippen LogP contribution in [0.2, 0.25) is 0 Å². The third-order valence-electron chi connectivity index (χ3n) is 11.2. The topological polar surface area (TPSA) is 46.4 Å². The molecule has 0 atom stereocenters. The number of benzene rings is 5. The van der Waals surface area contributed by atoms with Gasteiger partial charge >= 0.3 is 28.0 Å². The van der Waals surface area contributed by atoms with E-state index in [-0.39, 0.29) is 38.9 Å². The Bertz CT molecular complexity index is 2780. The molecule has 0 spiro atoms.